The van der Waals surface area contributed by atoms with Crippen molar-refractivity contribution in [3.63, 3.8) is 0 Å². The average Bonchev–Trinajstić information content (AvgIpc) is 2.72. The molecule has 0 radical (unpaired) electrons. The van der Waals surface area contributed by atoms with Gasteiger partial charge < -0.3 is 5.11 Å². The van der Waals surface area contributed by atoms with Gasteiger partial charge >= 0.3 is 5.97 Å². The van der Waals surface area contributed by atoms with Crippen LogP contribution >= 0.6 is 0 Å². The van der Waals surface area contributed by atoms with Crippen LogP contribution in [0.4, 0.5) is 0 Å². The van der Waals surface area contributed by atoms with Crippen LogP contribution in [0, 0.1) is 17.8 Å². The Labute approximate surface area is 116 Å². The van der Waals surface area contributed by atoms with E-state index >= 15 is 0 Å². The molecule has 0 aliphatic heterocycles. The molecular weight excluding hydrogens is 266 g/mol. The molecular formula is C13H25NO4S. The molecule has 1 rings (SSSR count). The minimum absolute atomic E-state index is 0.0170. The van der Waals surface area contributed by atoms with Crippen molar-refractivity contribution in [1.82, 2.24) is 4.31 Å². The van der Waals surface area contributed by atoms with E-state index in [1.807, 2.05) is 20.8 Å². The van der Waals surface area contributed by atoms with Gasteiger partial charge in [-0.05, 0) is 24.7 Å². The minimum atomic E-state index is -3.25. The second-order valence-electron chi connectivity index (χ2n) is 5.31. The third kappa shape index (κ3) is 3.92. The third-order valence-electron chi connectivity index (χ3n) is 4.18. The van der Waals surface area contributed by atoms with Crippen molar-refractivity contribution < 1.29 is 18.3 Å². The van der Waals surface area contributed by atoms with Crippen LogP contribution in [0.1, 0.15) is 40.0 Å². The summed E-state index contributed by atoms with van der Waals surface area (Å²) >= 11 is 0. The first kappa shape index (κ1) is 16.4. The number of carboxylic acids is 1. The number of aliphatic carboxylic acids is 1. The van der Waals surface area contributed by atoms with Crippen molar-refractivity contribution in [2.24, 2.45) is 17.8 Å². The van der Waals surface area contributed by atoms with E-state index in [1.165, 1.54) is 4.31 Å². The van der Waals surface area contributed by atoms with Gasteiger partial charge in [-0.15, -0.1) is 0 Å². The lowest BCUT2D eigenvalue weighted by Crippen LogP contribution is -2.34. The second-order valence-corrected chi connectivity index (χ2v) is 7.33. The van der Waals surface area contributed by atoms with Gasteiger partial charge in [0.15, 0.2) is 0 Å². The fourth-order valence-electron chi connectivity index (χ4n) is 3.15. The molecule has 1 N–H and O–H groups in total. The molecule has 19 heavy (non-hydrogen) atoms. The molecule has 0 unspecified atom stereocenters. The van der Waals surface area contributed by atoms with Gasteiger partial charge in [0.1, 0.15) is 0 Å². The summed E-state index contributed by atoms with van der Waals surface area (Å²) in [6, 6.07) is 0. The molecule has 112 valence electrons. The molecule has 3 atom stereocenters. The minimum Gasteiger partial charge on any atom is -0.481 e. The topological polar surface area (TPSA) is 74.7 Å². The molecule has 0 aromatic carbocycles. The van der Waals surface area contributed by atoms with Gasteiger partial charge in [-0.3, -0.25) is 4.79 Å². The predicted octanol–water partition coefficient (Wildman–Crippen LogP) is 1.79. The van der Waals surface area contributed by atoms with E-state index in [0.717, 1.165) is 6.42 Å². The van der Waals surface area contributed by atoms with Gasteiger partial charge in [0.2, 0.25) is 10.0 Å². The Morgan fingerprint density at radius 2 is 1.79 bits per heavy atom. The highest BCUT2D eigenvalue weighted by molar-refractivity contribution is 7.89. The van der Waals surface area contributed by atoms with Gasteiger partial charge in [-0.2, -0.15) is 0 Å². The summed E-state index contributed by atoms with van der Waals surface area (Å²) in [5.74, 6) is -0.961. The number of carboxylic acid groups (broad SMARTS) is 1. The monoisotopic (exact) mass is 291 g/mol. The summed E-state index contributed by atoms with van der Waals surface area (Å²) in [4.78, 5) is 11.2. The van der Waals surface area contributed by atoms with E-state index in [0.29, 0.717) is 25.9 Å². The van der Waals surface area contributed by atoms with Crippen molar-refractivity contribution in [1.29, 1.82) is 0 Å². The average molecular weight is 291 g/mol. The quantitative estimate of drug-likeness (QED) is 0.776. The van der Waals surface area contributed by atoms with Crippen LogP contribution in [0.3, 0.4) is 0 Å². The maximum absolute atomic E-state index is 12.2. The predicted molar refractivity (Wildman–Crippen MR) is 74.3 cm³/mol. The first-order valence-corrected chi connectivity index (χ1v) is 8.67. The molecule has 6 heteroatoms. The molecule has 1 fully saturated rings. The number of rotatable bonds is 7. The molecule has 0 heterocycles. The molecule has 0 bridgehead atoms. The molecule has 0 amide bonds. The highest BCUT2D eigenvalue weighted by Crippen LogP contribution is 2.39. The number of hydrogen-bond donors (Lipinski definition) is 1. The summed E-state index contributed by atoms with van der Waals surface area (Å²) < 4.78 is 25.9. The van der Waals surface area contributed by atoms with E-state index in [-0.39, 0.29) is 23.5 Å². The highest BCUT2D eigenvalue weighted by Gasteiger charge is 2.39. The van der Waals surface area contributed by atoms with Crippen molar-refractivity contribution >= 4 is 16.0 Å². The van der Waals surface area contributed by atoms with Crippen LogP contribution in [0.15, 0.2) is 0 Å². The number of nitrogens with zero attached hydrogens (tertiary/aromatic N) is 1. The van der Waals surface area contributed by atoms with Crippen LogP contribution < -0.4 is 0 Å². The van der Waals surface area contributed by atoms with E-state index in [1.54, 1.807) is 0 Å². The summed E-state index contributed by atoms with van der Waals surface area (Å²) in [7, 11) is -3.25. The van der Waals surface area contributed by atoms with Crippen molar-refractivity contribution in [2.45, 2.75) is 40.0 Å². The van der Waals surface area contributed by atoms with Crippen molar-refractivity contribution in [3.8, 4) is 0 Å². The lowest BCUT2D eigenvalue weighted by atomic mass is 9.94. The summed E-state index contributed by atoms with van der Waals surface area (Å²) in [6.07, 6.45) is 2.01. The van der Waals surface area contributed by atoms with Gasteiger partial charge in [0, 0.05) is 13.1 Å². The van der Waals surface area contributed by atoms with Crippen molar-refractivity contribution in [2.75, 3.05) is 18.8 Å². The third-order valence-corrected chi connectivity index (χ3v) is 6.37. The maximum Gasteiger partial charge on any atom is 0.306 e. The molecule has 1 saturated carbocycles. The Morgan fingerprint density at radius 3 is 2.16 bits per heavy atom. The van der Waals surface area contributed by atoms with Gasteiger partial charge in [-0.25, -0.2) is 12.7 Å². The second kappa shape index (κ2) is 6.70. The Kier molecular flexibility index (Phi) is 5.80. The SMILES string of the molecule is CC[C@@H]1C[C@@H](CS(=O)(=O)N(CC)CC)C[C@@H]1C(=O)O. The molecule has 0 spiro atoms. The van der Waals surface area contributed by atoms with E-state index < -0.39 is 16.0 Å². The van der Waals surface area contributed by atoms with Gasteiger partial charge in [-0.1, -0.05) is 27.2 Å². The molecule has 5 nitrogen and oxygen atoms in total. The van der Waals surface area contributed by atoms with Crippen LogP contribution in [-0.2, 0) is 14.8 Å². The molecule has 0 aromatic rings. The van der Waals surface area contributed by atoms with Crippen LogP contribution in [0.5, 0.6) is 0 Å². The fourth-order valence-corrected chi connectivity index (χ4v) is 5.02. The highest BCUT2D eigenvalue weighted by atomic mass is 32.2. The molecule has 1 aliphatic carbocycles. The zero-order chi connectivity index (χ0) is 14.6. The van der Waals surface area contributed by atoms with Crippen LogP contribution in [0.2, 0.25) is 0 Å². The summed E-state index contributed by atoms with van der Waals surface area (Å²) in [6.45, 7) is 6.58. The molecule has 0 saturated heterocycles. The summed E-state index contributed by atoms with van der Waals surface area (Å²) in [5, 5.41) is 9.17. The number of sulfonamides is 1. The molecule has 1 aliphatic rings. The van der Waals surface area contributed by atoms with Gasteiger partial charge in [0.25, 0.3) is 0 Å². The first-order chi connectivity index (χ1) is 8.85. The van der Waals surface area contributed by atoms with Crippen LogP contribution in [0.25, 0.3) is 0 Å². The van der Waals surface area contributed by atoms with Crippen LogP contribution in [-0.4, -0.2) is 42.6 Å². The Bertz CT molecular complexity index is 403. The number of hydrogen-bond acceptors (Lipinski definition) is 3. The molecule has 0 aromatic heterocycles. The smallest absolute Gasteiger partial charge is 0.306 e. The largest absolute Gasteiger partial charge is 0.481 e. The number of carbonyl (C=O) groups is 1. The zero-order valence-corrected chi connectivity index (χ0v) is 12.8. The van der Waals surface area contributed by atoms with Gasteiger partial charge in [0.05, 0.1) is 11.7 Å². The lowest BCUT2D eigenvalue weighted by molar-refractivity contribution is -0.143. The van der Waals surface area contributed by atoms with E-state index in [9.17, 15) is 18.3 Å². The Hall–Kier alpha value is -0.620. The zero-order valence-electron chi connectivity index (χ0n) is 12.0. The lowest BCUT2D eigenvalue weighted by Gasteiger charge is -2.20. The standard InChI is InChI=1S/C13H25NO4S/c1-4-11-7-10(8-12(11)13(15)16)9-19(17,18)14(5-2)6-3/h10-12H,4-9H2,1-3H3,(H,15,16)/t10-,11-,12+/m1/s1. The summed E-state index contributed by atoms with van der Waals surface area (Å²) in [5.41, 5.74) is 0. The Morgan fingerprint density at radius 1 is 1.21 bits per heavy atom. The Balaban J connectivity index is 2.72. The fraction of sp³-hybridized carbons (Fsp3) is 0.923. The van der Waals surface area contributed by atoms with E-state index in [4.69, 9.17) is 0 Å². The van der Waals surface area contributed by atoms with E-state index in [2.05, 4.69) is 0 Å². The normalized spacial score (nSPS) is 27.9. The maximum atomic E-state index is 12.2. The van der Waals surface area contributed by atoms with Crippen molar-refractivity contribution in [3.05, 3.63) is 0 Å². The first-order valence-electron chi connectivity index (χ1n) is 7.06.